The summed E-state index contributed by atoms with van der Waals surface area (Å²) in [5.74, 6) is 0.366. The summed E-state index contributed by atoms with van der Waals surface area (Å²) in [4.78, 5) is 10.7. The van der Waals surface area contributed by atoms with Gasteiger partial charge in [0, 0.05) is 6.54 Å². The van der Waals surface area contributed by atoms with Crippen LogP contribution in [0, 0.1) is 10.1 Å². The highest BCUT2D eigenvalue weighted by Crippen LogP contribution is 2.32. The Bertz CT molecular complexity index is 625. The molecule has 1 heterocycles. The molecular weight excluding hydrogens is 324 g/mol. The number of nitrogens with one attached hydrogen (secondary N) is 1. The molecule has 1 aromatic carbocycles. The molecule has 1 aromatic heterocycles. The van der Waals surface area contributed by atoms with E-state index < -0.39 is 4.92 Å². The Balaban J connectivity index is 2.38. The molecule has 0 spiro atoms. The van der Waals surface area contributed by atoms with E-state index in [1.807, 2.05) is 30.3 Å². The van der Waals surface area contributed by atoms with Crippen LogP contribution in [0.25, 0.3) is 0 Å². The smallest absolute Gasteiger partial charge is 0.345 e. The average molecular weight is 337 g/mol. The lowest BCUT2D eigenvalue weighted by molar-refractivity contribution is -0.384. The minimum Gasteiger partial charge on any atom is -0.361 e. The zero-order valence-electron chi connectivity index (χ0n) is 10.6. The van der Waals surface area contributed by atoms with E-state index in [2.05, 4.69) is 32.9 Å². The van der Waals surface area contributed by atoms with Crippen LogP contribution in [0.2, 0.25) is 0 Å². The maximum absolute atomic E-state index is 11.1. The first kappa shape index (κ1) is 14.3. The topological polar surface area (TPSA) is 73.0 Å². The molecule has 0 aliphatic carbocycles. The number of hydrogen-bond donors (Lipinski definition) is 1. The fourth-order valence-electron chi connectivity index (χ4n) is 1.80. The minimum atomic E-state index is -0.454. The van der Waals surface area contributed by atoms with Gasteiger partial charge in [0.05, 0.1) is 11.5 Å². The van der Waals surface area contributed by atoms with Gasteiger partial charge in [-0.3, -0.25) is 10.1 Å². The molecule has 0 aliphatic rings. The largest absolute Gasteiger partial charge is 0.361 e. The second kappa shape index (κ2) is 6.33. The third-order valence-corrected chi connectivity index (χ3v) is 3.19. The summed E-state index contributed by atoms with van der Waals surface area (Å²) >= 11 is 3.13. The van der Waals surface area contributed by atoms with Crippen molar-refractivity contribution in [3.05, 3.63) is 63.3 Å². The molecule has 2 rings (SSSR count). The van der Waals surface area contributed by atoms with Crippen LogP contribution < -0.4 is 5.32 Å². The third-order valence-electron chi connectivity index (χ3n) is 2.66. The molecular formula is C13H13BrN4O2. The molecule has 1 N–H and O–H groups in total. The van der Waals surface area contributed by atoms with Gasteiger partial charge in [0.2, 0.25) is 10.4 Å². The average Bonchev–Trinajstić information content (AvgIpc) is 2.73. The van der Waals surface area contributed by atoms with Crippen LogP contribution in [-0.2, 0) is 6.54 Å². The Morgan fingerprint density at radius 2 is 2.15 bits per heavy atom. The monoisotopic (exact) mass is 336 g/mol. The number of nitro groups is 1. The SMILES string of the molecule is C=CCNc1c([N+](=O)[O-])c(Br)nn1Cc1ccccc1. The molecule has 104 valence electrons. The van der Waals surface area contributed by atoms with E-state index in [9.17, 15) is 10.1 Å². The molecule has 0 saturated heterocycles. The van der Waals surface area contributed by atoms with Crippen molar-refractivity contribution in [2.45, 2.75) is 6.54 Å². The van der Waals surface area contributed by atoms with Crippen LogP contribution >= 0.6 is 15.9 Å². The molecule has 6 nitrogen and oxygen atoms in total. The van der Waals surface area contributed by atoms with Crippen LogP contribution in [-0.4, -0.2) is 21.2 Å². The Kier molecular flexibility index (Phi) is 4.52. The highest BCUT2D eigenvalue weighted by Gasteiger charge is 2.26. The zero-order valence-corrected chi connectivity index (χ0v) is 12.2. The van der Waals surface area contributed by atoms with Crippen molar-refractivity contribution >= 4 is 27.4 Å². The number of aromatic nitrogens is 2. The number of anilines is 1. The molecule has 20 heavy (non-hydrogen) atoms. The first-order chi connectivity index (χ1) is 9.63. The minimum absolute atomic E-state index is 0.0669. The van der Waals surface area contributed by atoms with Gasteiger partial charge in [0.15, 0.2) is 0 Å². The highest BCUT2D eigenvalue weighted by molar-refractivity contribution is 9.10. The van der Waals surface area contributed by atoms with E-state index in [0.717, 1.165) is 5.56 Å². The summed E-state index contributed by atoms with van der Waals surface area (Å²) < 4.78 is 1.78. The van der Waals surface area contributed by atoms with Crippen molar-refractivity contribution in [1.82, 2.24) is 9.78 Å². The number of hydrogen-bond acceptors (Lipinski definition) is 4. The summed E-state index contributed by atoms with van der Waals surface area (Å²) in [5.41, 5.74) is 0.946. The molecule has 0 bridgehead atoms. The van der Waals surface area contributed by atoms with E-state index >= 15 is 0 Å². The maximum Gasteiger partial charge on any atom is 0.345 e. The van der Waals surface area contributed by atoms with Gasteiger partial charge in [0.25, 0.3) is 0 Å². The lowest BCUT2D eigenvalue weighted by Crippen LogP contribution is -2.10. The van der Waals surface area contributed by atoms with Gasteiger partial charge in [-0.05, 0) is 21.5 Å². The number of rotatable bonds is 6. The summed E-state index contributed by atoms with van der Waals surface area (Å²) in [6.07, 6.45) is 1.64. The predicted octanol–water partition coefficient (Wildman–Crippen LogP) is 3.20. The Labute approximate surface area is 124 Å². The maximum atomic E-state index is 11.1. The third kappa shape index (κ3) is 3.05. The molecule has 0 saturated carbocycles. The number of benzene rings is 1. The molecule has 7 heteroatoms. The van der Waals surface area contributed by atoms with Gasteiger partial charge in [0.1, 0.15) is 0 Å². The van der Waals surface area contributed by atoms with Gasteiger partial charge in [-0.1, -0.05) is 36.4 Å². The summed E-state index contributed by atoms with van der Waals surface area (Å²) in [5, 5.41) is 18.3. The Morgan fingerprint density at radius 1 is 1.45 bits per heavy atom. The lowest BCUT2D eigenvalue weighted by Gasteiger charge is -2.07. The van der Waals surface area contributed by atoms with Crippen molar-refractivity contribution in [2.24, 2.45) is 0 Å². The summed E-state index contributed by atoms with van der Waals surface area (Å²) in [7, 11) is 0. The van der Waals surface area contributed by atoms with E-state index in [1.165, 1.54) is 0 Å². The summed E-state index contributed by atoms with van der Waals surface area (Å²) in [6.45, 7) is 4.47. The molecule has 0 aliphatic heterocycles. The predicted molar refractivity (Wildman–Crippen MR) is 80.8 cm³/mol. The van der Waals surface area contributed by atoms with Crippen molar-refractivity contribution in [2.75, 3.05) is 11.9 Å². The van der Waals surface area contributed by atoms with Gasteiger partial charge in [-0.15, -0.1) is 6.58 Å². The fourth-order valence-corrected chi connectivity index (χ4v) is 2.32. The summed E-state index contributed by atoms with van der Waals surface area (Å²) in [6, 6.07) is 9.64. The van der Waals surface area contributed by atoms with E-state index in [1.54, 1.807) is 10.8 Å². The van der Waals surface area contributed by atoms with Gasteiger partial charge in [-0.2, -0.15) is 5.10 Å². The molecule has 0 atom stereocenters. The van der Waals surface area contributed by atoms with E-state index in [0.29, 0.717) is 18.9 Å². The van der Waals surface area contributed by atoms with Crippen molar-refractivity contribution in [3.63, 3.8) is 0 Å². The van der Waals surface area contributed by atoms with Crippen LogP contribution in [0.1, 0.15) is 5.56 Å². The number of halogens is 1. The second-order valence-electron chi connectivity index (χ2n) is 4.06. The van der Waals surface area contributed by atoms with Crippen molar-refractivity contribution in [3.8, 4) is 0 Å². The van der Waals surface area contributed by atoms with Crippen LogP contribution in [0.4, 0.5) is 11.5 Å². The normalized spacial score (nSPS) is 10.2. The van der Waals surface area contributed by atoms with Crippen LogP contribution in [0.3, 0.4) is 0 Å². The van der Waals surface area contributed by atoms with Gasteiger partial charge >= 0.3 is 5.69 Å². The quantitative estimate of drug-likeness (QED) is 0.499. The van der Waals surface area contributed by atoms with Gasteiger partial charge in [-0.25, -0.2) is 4.68 Å². The molecule has 0 fully saturated rings. The van der Waals surface area contributed by atoms with E-state index in [-0.39, 0.29) is 10.3 Å². The molecule has 0 unspecified atom stereocenters. The van der Waals surface area contributed by atoms with Gasteiger partial charge < -0.3 is 5.32 Å². The lowest BCUT2D eigenvalue weighted by atomic mass is 10.2. The first-order valence-corrected chi connectivity index (χ1v) is 6.72. The molecule has 0 amide bonds. The molecule has 2 aromatic rings. The van der Waals surface area contributed by atoms with Crippen LogP contribution in [0.5, 0.6) is 0 Å². The van der Waals surface area contributed by atoms with Crippen molar-refractivity contribution in [1.29, 1.82) is 0 Å². The van der Waals surface area contributed by atoms with E-state index in [4.69, 9.17) is 0 Å². The Morgan fingerprint density at radius 3 is 2.75 bits per heavy atom. The second-order valence-corrected chi connectivity index (χ2v) is 4.81. The number of nitrogens with zero attached hydrogens (tertiary/aromatic N) is 3. The zero-order chi connectivity index (χ0) is 14.5. The van der Waals surface area contributed by atoms with Crippen molar-refractivity contribution < 1.29 is 4.92 Å². The standard InChI is InChI=1S/C13H13BrN4O2/c1-2-8-15-13-11(18(19)20)12(14)16-17(13)9-10-6-4-3-5-7-10/h2-7,15H,1,8-9H2. The highest BCUT2D eigenvalue weighted by atomic mass is 79.9. The molecule has 0 radical (unpaired) electrons. The Hall–Kier alpha value is -2.15. The first-order valence-electron chi connectivity index (χ1n) is 5.93. The van der Waals surface area contributed by atoms with Crippen LogP contribution in [0.15, 0.2) is 47.6 Å². The fraction of sp³-hybridized carbons (Fsp3) is 0.154.